The largest absolute Gasteiger partial charge is 0.316 e. The first-order valence-corrected chi connectivity index (χ1v) is 10.6. The Hall–Kier alpha value is 0.270. The first-order chi connectivity index (χ1) is 10.4. The lowest BCUT2D eigenvalue weighted by atomic mass is 10.1. The highest BCUT2D eigenvalue weighted by Crippen LogP contribution is 2.02. The average molecular weight is 317 g/mol. The van der Waals surface area contributed by atoms with E-state index in [2.05, 4.69) is 36.2 Å². The second kappa shape index (κ2) is 20.3. The third-order valence-corrected chi connectivity index (χ3v) is 4.75. The second-order valence-electron chi connectivity index (χ2n) is 5.94. The van der Waals surface area contributed by atoms with E-state index < -0.39 is 0 Å². The Bertz CT molecular complexity index is 159. The number of hydrogen-bond donors (Lipinski definition) is 2. The Labute approximate surface area is 138 Å². The smallest absolute Gasteiger partial charge is 0.00585 e. The Morgan fingerprint density at radius 1 is 0.524 bits per heavy atom. The van der Waals surface area contributed by atoms with Crippen LogP contribution in [0.15, 0.2) is 0 Å². The first kappa shape index (κ1) is 21.3. The van der Waals surface area contributed by atoms with Gasteiger partial charge in [-0.15, -0.1) is 0 Å². The maximum Gasteiger partial charge on any atom is 0.00585 e. The van der Waals surface area contributed by atoms with Crippen LogP contribution in [0.3, 0.4) is 0 Å². The molecule has 0 bridgehead atoms. The zero-order chi connectivity index (χ0) is 15.4. The molecule has 0 amide bonds. The molecule has 0 spiro atoms. The van der Waals surface area contributed by atoms with Crippen LogP contribution in [-0.4, -0.2) is 37.7 Å². The van der Waals surface area contributed by atoms with Gasteiger partial charge in [-0.25, -0.2) is 0 Å². The predicted octanol–water partition coefficient (Wildman–Crippen LogP) is 4.84. The van der Waals surface area contributed by atoms with Gasteiger partial charge < -0.3 is 10.6 Å². The molecule has 0 aliphatic carbocycles. The third kappa shape index (κ3) is 20.3. The molecule has 0 aromatic carbocycles. The highest BCUT2D eigenvalue weighted by molar-refractivity contribution is 7.99. The maximum absolute atomic E-state index is 3.55. The summed E-state index contributed by atoms with van der Waals surface area (Å²) in [6, 6.07) is 0. The lowest BCUT2D eigenvalue weighted by Crippen LogP contribution is -2.21. The zero-order valence-corrected chi connectivity index (χ0v) is 15.5. The molecule has 0 aliphatic heterocycles. The van der Waals surface area contributed by atoms with Gasteiger partial charge in [0.2, 0.25) is 0 Å². The molecule has 0 saturated carbocycles. The van der Waals surface area contributed by atoms with Crippen LogP contribution >= 0.6 is 11.8 Å². The molecule has 0 atom stereocenters. The molecule has 0 rings (SSSR count). The lowest BCUT2D eigenvalue weighted by molar-refractivity contribution is 0.593. The molecule has 0 aromatic heterocycles. The van der Waals surface area contributed by atoms with Crippen LogP contribution in [0.2, 0.25) is 0 Å². The van der Waals surface area contributed by atoms with Crippen molar-refractivity contribution in [2.45, 2.75) is 78.1 Å². The van der Waals surface area contributed by atoms with Crippen LogP contribution in [0.4, 0.5) is 0 Å². The molecule has 0 unspecified atom stereocenters. The van der Waals surface area contributed by atoms with Gasteiger partial charge in [-0.05, 0) is 25.9 Å². The molecular formula is C18H40N2S. The summed E-state index contributed by atoms with van der Waals surface area (Å²) in [6.45, 7) is 9.32. The van der Waals surface area contributed by atoms with Crippen molar-refractivity contribution in [1.29, 1.82) is 0 Å². The quantitative estimate of drug-likeness (QED) is 0.354. The van der Waals surface area contributed by atoms with E-state index in [4.69, 9.17) is 0 Å². The van der Waals surface area contributed by atoms with E-state index in [1.807, 2.05) is 0 Å². The van der Waals surface area contributed by atoms with Gasteiger partial charge in [0.1, 0.15) is 0 Å². The molecule has 128 valence electrons. The van der Waals surface area contributed by atoms with E-state index in [0.717, 1.165) is 0 Å². The zero-order valence-electron chi connectivity index (χ0n) is 14.7. The number of nitrogens with one attached hydrogen (secondary N) is 2. The summed E-state index contributed by atoms with van der Waals surface area (Å²) < 4.78 is 0. The highest BCUT2D eigenvalue weighted by atomic mass is 32.2. The van der Waals surface area contributed by atoms with Gasteiger partial charge in [0.15, 0.2) is 0 Å². The summed E-state index contributed by atoms with van der Waals surface area (Å²) in [5.74, 6) is 2.51. The fourth-order valence-electron chi connectivity index (χ4n) is 2.35. The molecular weight excluding hydrogens is 276 g/mol. The maximum atomic E-state index is 3.55. The summed E-state index contributed by atoms with van der Waals surface area (Å²) in [4.78, 5) is 0. The molecule has 3 heteroatoms. The van der Waals surface area contributed by atoms with E-state index in [1.165, 1.54) is 102 Å². The molecule has 0 heterocycles. The SMILES string of the molecule is CCCCCCCNCCSCCNCCCCCCC. The molecule has 0 aliphatic rings. The lowest BCUT2D eigenvalue weighted by Gasteiger charge is -2.06. The number of rotatable bonds is 18. The minimum atomic E-state index is 1.18. The van der Waals surface area contributed by atoms with Crippen LogP contribution in [0, 0.1) is 0 Å². The van der Waals surface area contributed by atoms with E-state index in [0.29, 0.717) is 0 Å². The monoisotopic (exact) mass is 316 g/mol. The molecule has 0 radical (unpaired) electrons. The highest BCUT2D eigenvalue weighted by Gasteiger charge is 1.93. The fraction of sp³-hybridized carbons (Fsp3) is 1.00. The van der Waals surface area contributed by atoms with Gasteiger partial charge in [0, 0.05) is 24.6 Å². The van der Waals surface area contributed by atoms with Gasteiger partial charge in [0.25, 0.3) is 0 Å². The number of thioether (sulfide) groups is 1. The first-order valence-electron chi connectivity index (χ1n) is 9.41. The van der Waals surface area contributed by atoms with Crippen molar-refractivity contribution in [1.82, 2.24) is 10.6 Å². The van der Waals surface area contributed by atoms with Crippen LogP contribution in [0.5, 0.6) is 0 Å². The van der Waals surface area contributed by atoms with Crippen LogP contribution in [0.1, 0.15) is 78.1 Å². The van der Waals surface area contributed by atoms with Gasteiger partial charge in [0.05, 0.1) is 0 Å². The van der Waals surface area contributed by atoms with Crippen LogP contribution in [-0.2, 0) is 0 Å². The van der Waals surface area contributed by atoms with E-state index in [-0.39, 0.29) is 0 Å². The Morgan fingerprint density at radius 2 is 0.952 bits per heavy atom. The van der Waals surface area contributed by atoms with Crippen LogP contribution < -0.4 is 10.6 Å². The van der Waals surface area contributed by atoms with Crippen molar-refractivity contribution < 1.29 is 0 Å². The van der Waals surface area contributed by atoms with Crippen molar-refractivity contribution >= 4 is 11.8 Å². The Morgan fingerprint density at radius 3 is 1.38 bits per heavy atom. The number of unbranched alkanes of at least 4 members (excludes halogenated alkanes) is 8. The van der Waals surface area contributed by atoms with E-state index in [9.17, 15) is 0 Å². The summed E-state index contributed by atoms with van der Waals surface area (Å²) in [5, 5.41) is 7.10. The molecule has 0 fully saturated rings. The van der Waals surface area contributed by atoms with Crippen molar-refractivity contribution in [3.8, 4) is 0 Å². The van der Waals surface area contributed by atoms with E-state index >= 15 is 0 Å². The van der Waals surface area contributed by atoms with E-state index in [1.54, 1.807) is 0 Å². The fourth-order valence-corrected chi connectivity index (χ4v) is 3.13. The van der Waals surface area contributed by atoms with Gasteiger partial charge in [-0.2, -0.15) is 11.8 Å². The molecule has 2 nitrogen and oxygen atoms in total. The van der Waals surface area contributed by atoms with Crippen molar-refractivity contribution in [3.05, 3.63) is 0 Å². The third-order valence-electron chi connectivity index (χ3n) is 3.76. The van der Waals surface area contributed by atoms with Crippen molar-refractivity contribution in [2.75, 3.05) is 37.7 Å². The minimum Gasteiger partial charge on any atom is -0.316 e. The summed E-state index contributed by atoms with van der Waals surface area (Å²) >= 11 is 2.07. The average Bonchev–Trinajstić information content (AvgIpc) is 2.50. The minimum absolute atomic E-state index is 1.18. The van der Waals surface area contributed by atoms with Crippen molar-refractivity contribution in [2.24, 2.45) is 0 Å². The molecule has 21 heavy (non-hydrogen) atoms. The van der Waals surface area contributed by atoms with Crippen molar-refractivity contribution in [3.63, 3.8) is 0 Å². The van der Waals surface area contributed by atoms with Gasteiger partial charge in [-0.3, -0.25) is 0 Å². The summed E-state index contributed by atoms with van der Waals surface area (Å²) in [7, 11) is 0. The molecule has 2 N–H and O–H groups in total. The van der Waals surface area contributed by atoms with Crippen LogP contribution in [0.25, 0.3) is 0 Å². The van der Waals surface area contributed by atoms with Gasteiger partial charge >= 0.3 is 0 Å². The topological polar surface area (TPSA) is 24.1 Å². The predicted molar refractivity (Wildman–Crippen MR) is 101 cm³/mol. The molecule has 0 saturated heterocycles. The summed E-state index contributed by atoms with van der Waals surface area (Å²) in [5.41, 5.74) is 0. The summed E-state index contributed by atoms with van der Waals surface area (Å²) in [6.07, 6.45) is 13.8. The normalized spacial score (nSPS) is 11.1. The second-order valence-corrected chi connectivity index (χ2v) is 7.17. The standard InChI is InChI=1S/C18H40N2S/c1-3-5-7-9-11-13-19-15-17-21-18-16-20-14-12-10-8-6-4-2/h19-20H,3-18H2,1-2H3. The number of hydrogen-bond acceptors (Lipinski definition) is 3. The Kier molecular flexibility index (Phi) is 20.5. The molecule has 0 aromatic rings. The Balaban J connectivity index is 2.90. The van der Waals surface area contributed by atoms with Gasteiger partial charge in [-0.1, -0.05) is 65.2 Å².